The third kappa shape index (κ3) is 3.15. The van der Waals surface area contributed by atoms with Gasteiger partial charge in [0.2, 0.25) is 0 Å². The summed E-state index contributed by atoms with van der Waals surface area (Å²) in [4.78, 5) is 9.01. The minimum Gasteiger partial charge on any atom is -0.493 e. The molecule has 0 N–H and O–H groups in total. The molecule has 0 amide bonds. The zero-order valence-corrected chi connectivity index (χ0v) is 15.2. The van der Waals surface area contributed by atoms with Crippen LogP contribution in [0.4, 0.5) is 0 Å². The lowest BCUT2D eigenvalue weighted by Crippen LogP contribution is -1.94. The normalized spacial score (nSPS) is 11.2. The number of aromatic nitrogens is 3. The molecule has 0 saturated heterocycles. The number of nitrogens with zero attached hydrogens (tertiary/aromatic N) is 3. The Morgan fingerprint density at radius 1 is 0.815 bits per heavy atom. The van der Waals surface area contributed by atoms with Gasteiger partial charge in [-0.1, -0.05) is 42.5 Å². The van der Waals surface area contributed by atoms with Gasteiger partial charge in [0.25, 0.3) is 0 Å². The first-order chi connectivity index (χ1) is 13.3. The van der Waals surface area contributed by atoms with Crippen LogP contribution in [0.3, 0.4) is 0 Å². The molecule has 2 heterocycles. The van der Waals surface area contributed by atoms with Crippen molar-refractivity contribution in [2.75, 3.05) is 14.2 Å². The molecule has 0 aliphatic heterocycles. The first-order valence-corrected chi connectivity index (χ1v) is 8.58. The number of methoxy groups -OCH3 is 2. The molecular weight excluding hydrogens is 338 g/mol. The number of hydrogen-bond acceptors (Lipinski definition) is 4. The lowest BCUT2D eigenvalue weighted by molar-refractivity contribution is 0.354. The Morgan fingerprint density at radius 3 is 2.41 bits per heavy atom. The smallest absolute Gasteiger partial charge is 0.167 e. The number of imidazole rings is 1. The van der Waals surface area contributed by atoms with Crippen molar-refractivity contribution in [2.45, 2.75) is 0 Å². The van der Waals surface area contributed by atoms with E-state index in [1.54, 1.807) is 26.7 Å². The third-order valence-corrected chi connectivity index (χ3v) is 4.38. The number of para-hydroxylation sites is 2. The first-order valence-electron chi connectivity index (χ1n) is 8.58. The summed E-state index contributed by atoms with van der Waals surface area (Å²) in [5.41, 5.74) is 3.89. The maximum absolute atomic E-state index is 5.50. The summed E-state index contributed by atoms with van der Waals surface area (Å²) in [6, 6.07) is 17.7. The van der Waals surface area contributed by atoms with Crippen LogP contribution in [-0.2, 0) is 0 Å². The Labute approximate surface area is 157 Å². The van der Waals surface area contributed by atoms with Crippen LogP contribution in [-0.4, -0.2) is 28.8 Å². The molecule has 2 aromatic heterocycles. The van der Waals surface area contributed by atoms with E-state index >= 15 is 0 Å². The van der Waals surface area contributed by atoms with Gasteiger partial charge in [-0.25, -0.2) is 9.97 Å². The van der Waals surface area contributed by atoms with Crippen LogP contribution < -0.4 is 9.47 Å². The molecule has 4 aromatic rings. The molecule has 0 spiro atoms. The monoisotopic (exact) mass is 357 g/mol. The fraction of sp³-hybridized carbons (Fsp3) is 0.0909. The summed E-state index contributed by atoms with van der Waals surface area (Å²) >= 11 is 0. The van der Waals surface area contributed by atoms with Crippen molar-refractivity contribution >= 4 is 23.2 Å². The standard InChI is InChI=1S/C22H19N3O2/c1-26-19-10-6-8-17(22(19)27-2)13-12-16-7-5-9-18-21(16)24-15-25(18)20-11-3-4-14-23-20/h3-15H,1-2H3/b13-12+. The topological polar surface area (TPSA) is 49.2 Å². The fourth-order valence-corrected chi connectivity index (χ4v) is 3.10. The Morgan fingerprint density at radius 2 is 1.63 bits per heavy atom. The first kappa shape index (κ1) is 16.8. The van der Waals surface area contributed by atoms with Crippen molar-refractivity contribution in [1.29, 1.82) is 0 Å². The minimum absolute atomic E-state index is 0.706. The molecule has 0 atom stereocenters. The third-order valence-electron chi connectivity index (χ3n) is 4.38. The van der Waals surface area contributed by atoms with Gasteiger partial charge in [0, 0.05) is 17.3 Å². The van der Waals surface area contributed by atoms with Crippen molar-refractivity contribution in [1.82, 2.24) is 14.5 Å². The number of hydrogen-bond donors (Lipinski definition) is 0. The predicted octanol–water partition coefficient (Wildman–Crippen LogP) is 4.61. The zero-order chi connectivity index (χ0) is 18.6. The lowest BCUT2D eigenvalue weighted by atomic mass is 10.1. The predicted molar refractivity (Wildman–Crippen MR) is 107 cm³/mol. The maximum Gasteiger partial charge on any atom is 0.167 e. The average Bonchev–Trinajstić information content (AvgIpc) is 3.17. The van der Waals surface area contributed by atoms with Crippen molar-refractivity contribution in [3.8, 4) is 17.3 Å². The van der Waals surface area contributed by atoms with Gasteiger partial charge in [0.05, 0.1) is 25.3 Å². The average molecular weight is 357 g/mol. The SMILES string of the molecule is COc1cccc(/C=C/c2cccc3c2ncn3-c2ccccn2)c1OC. The molecule has 2 aromatic carbocycles. The molecule has 5 nitrogen and oxygen atoms in total. The summed E-state index contributed by atoms with van der Waals surface area (Å²) in [5, 5.41) is 0. The highest BCUT2D eigenvalue weighted by Crippen LogP contribution is 2.32. The van der Waals surface area contributed by atoms with Gasteiger partial charge < -0.3 is 9.47 Å². The summed E-state index contributed by atoms with van der Waals surface area (Å²) < 4.78 is 12.9. The zero-order valence-electron chi connectivity index (χ0n) is 15.2. The van der Waals surface area contributed by atoms with Crippen molar-refractivity contribution in [3.05, 3.63) is 78.2 Å². The second-order valence-corrected chi connectivity index (χ2v) is 5.93. The van der Waals surface area contributed by atoms with Crippen molar-refractivity contribution in [2.24, 2.45) is 0 Å². The van der Waals surface area contributed by atoms with E-state index in [1.165, 1.54) is 0 Å². The molecule has 0 fully saturated rings. The summed E-state index contributed by atoms with van der Waals surface area (Å²) in [5.74, 6) is 2.26. The minimum atomic E-state index is 0.706. The summed E-state index contributed by atoms with van der Waals surface area (Å²) in [6.45, 7) is 0. The van der Waals surface area contributed by atoms with Crippen LogP contribution in [0.25, 0.3) is 29.0 Å². The number of fused-ring (bicyclic) bond motifs is 1. The lowest BCUT2D eigenvalue weighted by Gasteiger charge is -2.09. The van der Waals surface area contributed by atoms with Crippen LogP contribution in [0.1, 0.15) is 11.1 Å². The Kier molecular flexibility index (Phi) is 4.58. The highest BCUT2D eigenvalue weighted by atomic mass is 16.5. The quantitative estimate of drug-likeness (QED) is 0.490. The summed E-state index contributed by atoms with van der Waals surface area (Å²) in [7, 11) is 3.28. The molecule has 0 bridgehead atoms. The second kappa shape index (κ2) is 7.33. The highest BCUT2D eigenvalue weighted by molar-refractivity contribution is 5.89. The molecule has 0 unspecified atom stereocenters. The van der Waals surface area contributed by atoms with Gasteiger partial charge in [-0.15, -0.1) is 0 Å². The number of benzene rings is 2. The van der Waals surface area contributed by atoms with Gasteiger partial charge in [0.1, 0.15) is 12.1 Å². The van der Waals surface area contributed by atoms with E-state index in [4.69, 9.17) is 9.47 Å². The van der Waals surface area contributed by atoms with E-state index in [0.29, 0.717) is 11.5 Å². The Balaban J connectivity index is 1.76. The molecule has 0 radical (unpaired) electrons. The van der Waals surface area contributed by atoms with Crippen molar-refractivity contribution < 1.29 is 9.47 Å². The van der Waals surface area contributed by atoms with Gasteiger partial charge >= 0.3 is 0 Å². The van der Waals surface area contributed by atoms with E-state index in [-0.39, 0.29) is 0 Å². The molecular formula is C22H19N3O2. The van der Waals surface area contributed by atoms with E-state index in [1.807, 2.05) is 71.3 Å². The molecule has 0 saturated carbocycles. The van der Waals surface area contributed by atoms with Gasteiger partial charge in [-0.2, -0.15) is 0 Å². The van der Waals surface area contributed by atoms with Gasteiger partial charge in [-0.05, 0) is 24.3 Å². The van der Waals surface area contributed by atoms with Crippen LogP contribution in [0, 0.1) is 0 Å². The molecule has 134 valence electrons. The van der Waals surface area contributed by atoms with Crippen LogP contribution >= 0.6 is 0 Å². The molecule has 4 rings (SSSR count). The Bertz CT molecular complexity index is 1100. The number of ether oxygens (including phenoxy) is 2. The Hall–Kier alpha value is -3.60. The van der Waals surface area contributed by atoms with E-state index in [2.05, 4.69) is 9.97 Å². The summed E-state index contributed by atoms with van der Waals surface area (Å²) in [6.07, 6.45) is 7.63. The fourth-order valence-electron chi connectivity index (χ4n) is 3.10. The number of pyridine rings is 1. The largest absolute Gasteiger partial charge is 0.493 e. The molecule has 27 heavy (non-hydrogen) atoms. The van der Waals surface area contributed by atoms with E-state index < -0.39 is 0 Å². The van der Waals surface area contributed by atoms with Crippen LogP contribution in [0.5, 0.6) is 11.5 Å². The molecule has 0 aliphatic rings. The highest BCUT2D eigenvalue weighted by Gasteiger charge is 2.09. The van der Waals surface area contributed by atoms with Crippen molar-refractivity contribution in [3.63, 3.8) is 0 Å². The molecule has 0 aliphatic carbocycles. The van der Waals surface area contributed by atoms with E-state index in [0.717, 1.165) is 28.0 Å². The molecule has 5 heteroatoms. The second-order valence-electron chi connectivity index (χ2n) is 5.93. The van der Waals surface area contributed by atoms with Crippen LogP contribution in [0.2, 0.25) is 0 Å². The van der Waals surface area contributed by atoms with Gasteiger partial charge in [0.15, 0.2) is 11.5 Å². The van der Waals surface area contributed by atoms with Gasteiger partial charge in [-0.3, -0.25) is 4.57 Å². The van der Waals surface area contributed by atoms with Crippen LogP contribution in [0.15, 0.2) is 67.1 Å². The number of rotatable bonds is 5. The maximum atomic E-state index is 5.50. The van der Waals surface area contributed by atoms with E-state index in [9.17, 15) is 0 Å².